The second-order valence-corrected chi connectivity index (χ2v) is 6.10. The number of aliphatic hydroxyl groups excluding tert-OH is 1. The van der Waals surface area contributed by atoms with Gasteiger partial charge in [-0.1, -0.05) is 0 Å². The lowest BCUT2D eigenvalue weighted by molar-refractivity contribution is 0.0697. The first-order valence-electron chi connectivity index (χ1n) is 4.97. The van der Waals surface area contributed by atoms with Crippen LogP contribution in [0.1, 0.15) is 10.4 Å². The number of aromatic carboxylic acids is 1. The molecule has 1 aromatic heterocycles. The van der Waals surface area contributed by atoms with Crippen LogP contribution in [0.5, 0.6) is 0 Å². The minimum atomic E-state index is -3.70. The van der Waals surface area contributed by atoms with Gasteiger partial charge < -0.3 is 14.9 Å². The third-order valence-electron chi connectivity index (χ3n) is 1.86. The van der Waals surface area contributed by atoms with Crippen LogP contribution in [0.3, 0.4) is 0 Å². The van der Waals surface area contributed by atoms with Crippen LogP contribution in [-0.4, -0.2) is 51.0 Å². The first-order valence-corrected chi connectivity index (χ1v) is 7.34. The monoisotopic (exact) mass is 295 g/mol. The molecule has 0 atom stereocenters. The Balaban J connectivity index is 2.54. The Morgan fingerprint density at radius 3 is 2.72 bits per heavy atom. The van der Waals surface area contributed by atoms with Gasteiger partial charge in [-0.3, -0.25) is 0 Å². The Morgan fingerprint density at radius 1 is 1.44 bits per heavy atom. The summed E-state index contributed by atoms with van der Waals surface area (Å²) in [7, 11) is -3.70. The molecule has 18 heavy (non-hydrogen) atoms. The quantitative estimate of drug-likeness (QED) is 0.569. The molecule has 0 radical (unpaired) electrons. The van der Waals surface area contributed by atoms with Crippen molar-refractivity contribution < 1.29 is 28.2 Å². The molecule has 0 amide bonds. The van der Waals surface area contributed by atoms with Gasteiger partial charge in [0.15, 0.2) is 0 Å². The number of carbonyl (C=O) groups is 1. The van der Waals surface area contributed by atoms with E-state index in [-0.39, 0.29) is 36.1 Å². The number of thiophene rings is 1. The van der Waals surface area contributed by atoms with Gasteiger partial charge in [0.1, 0.15) is 4.21 Å². The molecule has 1 heterocycles. The van der Waals surface area contributed by atoms with Gasteiger partial charge in [-0.05, 0) is 6.07 Å². The molecule has 1 aromatic rings. The first kappa shape index (κ1) is 15.1. The van der Waals surface area contributed by atoms with Crippen molar-refractivity contribution in [2.75, 3.05) is 26.4 Å². The van der Waals surface area contributed by atoms with E-state index < -0.39 is 16.0 Å². The Morgan fingerprint density at radius 2 is 2.17 bits per heavy atom. The van der Waals surface area contributed by atoms with Crippen LogP contribution in [0.15, 0.2) is 15.7 Å². The number of sulfonamides is 1. The molecule has 0 aliphatic carbocycles. The molecular formula is C9H13NO6S2. The van der Waals surface area contributed by atoms with Gasteiger partial charge in [-0.2, -0.15) is 0 Å². The summed E-state index contributed by atoms with van der Waals surface area (Å²) in [5, 5.41) is 18.4. The van der Waals surface area contributed by atoms with Crippen LogP contribution >= 0.6 is 11.3 Å². The normalized spacial score (nSPS) is 11.6. The molecule has 0 saturated heterocycles. The van der Waals surface area contributed by atoms with Crippen LogP contribution in [0.25, 0.3) is 0 Å². The topological polar surface area (TPSA) is 113 Å². The maximum atomic E-state index is 11.7. The minimum Gasteiger partial charge on any atom is -0.478 e. The fourth-order valence-electron chi connectivity index (χ4n) is 1.06. The van der Waals surface area contributed by atoms with Crippen LogP contribution in [0.4, 0.5) is 0 Å². The molecule has 0 unspecified atom stereocenters. The largest absolute Gasteiger partial charge is 0.478 e. The van der Waals surface area contributed by atoms with Gasteiger partial charge in [0.2, 0.25) is 10.0 Å². The van der Waals surface area contributed by atoms with Crippen molar-refractivity contribution >= 4 is 27.3 Å². The highest BCUT2D eigenvalue weighted by atomic mass is 32.2. The summed E-state index contributed by atoms with van der Waals surface area (Å²) in [5.41, 5.74) is -0.0584. The molecule has 9 heteroatoms. The van der Waals surface area contributed by atoms with Crippen LogP contribution in [0, 0.1) is 0 Å². The average Bonchev–Trinajstić information content (AvgIpc) is 2.78. The van der Waals surface area contributed by atoms with E-state index in [1.807, 2.05) is 0 Å². The SMILES string of the molecule is O=C(O)c1csc(S(=O)(=O)NCCOCCO)c1. The number of hydrogen-bond donors (Lipinski definition) is 3. The van der Waals surface area contributed by atoms with Crippen molar-refractivity contribution in [1.29, 1.82) is 0 Å². The Kier molecular flexibility index (Phi) is 5.69. The molecule has 7 nitrogen and oxygen atoms in total. The number of hydrogen-bond acceptors (Lipinski definition) is 6. The van der Waals surface area contributed by atoms with Gasteiger partial charge in [-0.25, -0.2) is 17.9 Å². The minimum absolute atomic E-state index is 0.0536. The van der Waals surface area contributed by atoms with E-state index >= 15 is 0 Å². The van der Waals surface area contributed by atoms with Gasteiger partial charge in [0.05, 0.1) is 25.4 Å². The van der Waals surface area contributed by atoms with Crippen molar-refractivity contribution in [3.63, 3.8) is 0 Å². The first-order chi connectivity index (χ1) is 8.47. The van der Waals surface area contributed by atoms with E-state index in [2.05, 4.69) is 4.72 Å². The number of rotatable bonds is 8. The predicted octanol–water partition coefficient (Wildman–Crippen LogP) is -0.266. The number of aliphatic hydroxyl groups is 1. The molecular weight excluding hydrogens is 282 g/mol. The maximum absolute atomic E-state index is 11.7. The summed E-state index contributed by atoms with van der Waals surface area (Å²) in [6.45, 7) is 0.211. The smallest absolute Gasteiger partial charge is 0.336 e. The second kappa shape index (κ2) is 6.81. The highest BCUT2D eigenvalue weighted by Gasteiger charge is 2.18. The third kappa shape index (κ3) is 4.35. The lowest BCUT2D eigenvalue weighted by atomic mass is 10.4. The van der Waals surface area contributed by atoms with Crippen LogP contribution in [0.2, 0.25) is 0 Å². The van der Waals surface area contributed by atoms with Crippen LogP contribution in [-0.2, 0) is 14.8 Å². The van der Waals surface area contributed by atoms with Gasteiger partial charge in [0, 0.05) is 11.9 Å². The Hall–Kier alpha value is -1.00. The van der Waals surface area contributed by atoms with E-state index in [0.29, 0.717) is 0 Å². The van der Waals surface area contributed by atoms with Crippen molar-refractivity contribution in [3.8, 4) is 0 Å². The zero-order valence-electron chi connectivity index (χ0n) is 9.33. The molecule has 0 saturated carbocycles. The molecule has 0 spiro atoms. The highest BCUT2D eigenvalue weighted by molar-refractivity contribution is 7.91. The van der Waals surface area contributed by atoms with E-state index in [4.69, 9.17) is 14.9 Å². The van der Waals surface area contributed by atoms with Crippen molar-refractivity contribution in [1.82, 2.24) is 4.72 Å². The molecule has 0 aliphatic heterocycles. The Labute approximate surface area is 108 Å². The van der Waals surface area contributed by atoms with Gasteiger partial charge in [0.25, 0.3) is 0 Å². The van der Waals surface area contributed by atoms with E-state index in [1.165, 1.54) is 5.38 Å². The molecule has 0 aliphatic rings. The summed E-state index contributed by atoms with van der Waals surface area (Å²) < 4.78 is 30.5. The summed E-state index contributed by atoms with van der Waals surface area (Å²) in [5.74, 6) is -1.17. The van der Waals surface area contributed by atoms with Crippen molar-refractivity contribution in [2.24, 2.45) is 0 Å². The molecule has 0 bridgehead atoms. The lowest BCUT2D eigenvalue weighted by Gasteiger charge is -2.04. The van der Waals surface area contributed by atoms with E-state index in [1.54, 1.807) is 0 Å². The second-order valence-electron chi connectivity index (χ2n) is 3.19. The fourth-order valence-corrected chi connectivity index (χ4v) is 3.27. The molecule has 102 valence electrons. The number of ether oxygens (including phenoxy) is 1. The number of carboxylic acids is 1. The summed E-state index contributed by atoms with van der Waals surface area (Å²) in [4.78, 5) is 10.6. The standard InChI is InChI=1S/C9H13NO6S2/c11-2-4-16-3-1-10-18(14,15)8-5-7(6-17-8)9(12)13/h5-6,10-11H,1-4H2,(H,12,13). The zero-order chi connectivity index (χ0) is 13.6. The summed E-state index contributed by atoms with van der Waals surface area (Å²) in [6.07, 6.45) is 0. The Bertz CT molecular complexity index is 495. The average molecular weight is 295 g/mol. The lowest BCUT2D eigenvalue weighted by Crippen LogP contribution is -2.27. The van der Waals surface area contributed by atoms with Crippen molar-refractivity contribution in [2.45, 2.75) is 4.21 Å². The van der Waals surface area contributed by atoms with Gasteiger partial charge in [-0.15, -0.1) is 11.3 Å². The fraction of sp³-hybridized carbons (Fsp3) is 0.444. The van der Waals surface area contributed by atoms with Gasteiger partial charge >= 0.3 is 5.97 Å². The number of carboxylic acid groups (broad SMARTS) is 1. The number of nitrogens with one attached hydrogen (secondary N) is 1. The summed E-state index contributed by atoms with van der Waals surface area (Å²) in [6, 6.07) is 1.10. The third-order valence-corrected chi connectivity index (χ3v) is 4.76. The molecule has 0 fully saturated rings. The zero-order valence-corrected chi connectivity index (χ0v) is 11.0. The van der Waals surface area contributed by atoms with E-state index in [0.717, 1.165) is 17.4 Å². The maximum Gasteiger partial charge on any atom is 0.336 e. The molecule has 1 rings (SSSR count). The summed E-state index contributed by atoms with van der Waals surface area (Å²) >= 11 is 0.841. The highest BCUT2D eigenvalue weighted by Crippen LogP contribution is 2.19. The van der Waals surface area contributed by atoms with Crippen LogP contribution < -0.4 is 4.72 Å². The molecule has 0 aromatic carbocycles. The predicted molar refractivity (Wildman–Crippen MR) is 64.4 cm³/mol. The van der Waals surface area contributed by atoms with Crippen molar-refractivity contribution in [3.05, 3.63) is 17.0 Å². The van der Waals surface area contributed by atoms with E-state index in [9.17, 15) is 13.2 Å². The molecule has 3 N–H and O–H groups in total.